The highest BCUT2D eigenvalue weighted by molar-refractivity contribution is 9.11. The van der Waals surface area contributed by atoms with Crippen LogP contribution in [0.3, 0.4) is 0 Å². The maximum Gasteiger partial charge on any atom is 0.192 e. The molecule has 0 saturated heterocycles. The van der Waals surface area contributed by atoms with Gasteiger partial charge in [0.1, 0.15) is 5.58 Å². The van der Waals surface area contributed by atoms with Gasteiger partial charge in [0, 0.05) is 15.3 Å². The van der Waals surface area contributed by atoms with Crippen molar-refractivity contribution >= 4 is 42.8 Å². The van der Waals surface area contributed by atoms with Crippen LogP contribution in [-0.4, -0.2) is 0 Å². The molecule has 1 aromatic heterocycles. The first-order valence-corrected chi connectivity index (χ1v) is 6.86. The molecule has 0 spiro atoms. The third-order valence-electron chi connectivity index (χ3n) is 2.14. The van der Waals surface area contributed by atoms with Crippen LogP contribution < -0.4 is 0 Å². The minimum Gasteiger partial charge on any atom is -0.446 e. The van der Waals surface area contributed by atoms with E-state index in [9.17, 15) is 0 Å². The SMILES string of the molecule is CC(C)(C)C#Cc1oc2ccc(Br)cc2c1Br. The van der Waals surface area contributed by atoms with Gasteiger partial charge in [-0.1, -0.05) is 21.9 Å². The highest BCUT2D eigenvalue weighted by Crippen LogP contribution is 2.32. The average Bonchev–Trinajstić information content (AvgIpc) is 2.52. The molecular weight excluding hydrogens is 344 g/mol. The van der Waals surface area contributed by atoms with E-state index >= 15 is 0 Å². The highest BCUT2D eigenvalue weighted by Gasteiger charge is 2.11. The summed E-state index contributed by atoms with van der Waals surface area (Å²) in [7, 11) is 0. The van der Waals surface area contributed by atoms with Gasteiger partial charge in [0.2, 0.25) is 0 Å². The van der Waals surface area contributed by atoms with Crippen LogP contribution in [-0.2, 0) is 0 Å². The predicted molar refractivity (Wildman–Crippen MR) is 77.9 cm³/mol. The van der Waals surface area contributed by atoms with Crippen LogP contribution in [0.2, 0.25) is 0 Å². The van der Waals surface area contributed by atoms with Gasteiger partial charge in [-0.05, 0) is 60.8 Å². The first-order valence-electron chi connectivity index (χ1n) is 5.27. The molecule has 2 aromatic rings. The van der Waals surface area contributed by atoms with E-state index in [4.69, 9.17) is 4.42 Å². The third kappa shape index (κ3) is 2.94. The second kappa shape index (κ2) is 4.51. The number of benzene rings is 1. The summed E-state index contributed by atoms with van der Waals surface area (Å²) in [4.78, 5) is 0. The number of hydrogen-bond acceptors (Lipinski definition) is 1. The second-order valence-electron chi connectivity index (χ2n) is 4.89. The molecule has 0 bridgehead atoms. The first kappa shape index (κ1) is 12.7. The van der Waals surface area contributed by atoms with Gasteiger partial charge in [-0.15, -0.1) is 0 Å². The van der Waals surface area contributed by atoms with E-state index in [0.717, 1.165) is 19.9 Å². The Morgan fingerprint density at radius 2 is 1.88 bits per heavy atom. The van der Waals surface area contributed by atoms with Crippen molar-refractivity contribution in [1.82, 2.24) is 0 Å². The van der Waals surface area contributed by atoms with Crippen LogP contribution in [0, 0.1) is 17.3 Å². The summed E-state index contributed by atoms with van der Waals surface area (Å²) in [5.74, 6) is 6.94. The molecule has 0 fully saturated rings. The molecule has 2 rings (SSSR count). The average molecular weight is 356 g/mol. The van der Waals surface area contributed by atoms with E-state index in [1.54, 1.807) is 0 Å². The van der Waals surface area contributed by atoms with Crippen molar-refractivity contribution in [3.8, 4) is 11.8 Å². The van der Waals surface area contributed by atoms with E-state index in [1.807, 2.05) is 18.2 Å². The third-order valence-corrected chi connectivity index (χ3v) is 3.42. The van der Waals surface area contributed by atoms with Crippen molar-refractivity contribution in [3.05, 3.63) is 32.9 Å². The Labute approximate surface area is 118 Å². The quantitative estimate of drug-likeness (QED) is 0.580. The number of hydrogen-bond donors (Lipinski definition) is 0. The van der Waals surface area contributed by atoms with Crippen LogP contribution in [0.4, 0.5) is 0 Å². The zero-order chi connectivity index (χ0) is 12.6. The lowest BCUT2D eigenvalue weighted by molar-refractivity contribution is 0.566. The summed E-state index contributed by atoms with van der Waals surface area (Å²) in [6, 6.07) is 5.91. The predicted octanol–water partition coefficient (Wildman–Crippen LogP) is 5.36. The zero-order valence-corrected chi connectivity index (χ0v) is 13.1. The van der Waals surface area contributed by atoms with E-state index < -0.39 is 0 Å². The van der Waals surface area contributed by atoms with Gasteiger partial charge in [0.25, 0.3) is 0 Å². The Hall–Kier alpha value is -0.720. The van der Waals surface area contributed by atoms with E-state index in [0.29, 0.717) is 5.76 Å². The lowest BCUT2D eigenvalue weighted by atomic mass is 9.98. The Bertz CT molecular complexity index is 621. The maximum atomic E-state index is 5.71. The molecule has 17 heavy (non-hydrogen) atoms. The molecule has 0 aliphatic heterocycles. The van der Waals surface area contributed by atoms with Crippen LogP contribution >= 0.6 is 31.9 Å². The van der Waals surface area contributed by atoms with Gasteiger partial charge in [0.15, 0.2) is 5.76 Å². The summed E-state index contributed by atoms with van der Waals surface area (Å²) < 4.78 is 7.66. The van der Waals surface area contributed by atoms with Crippen molar-refractivity contribution in [2.75, 3.05) is 0 Å². The van der Waals surface area contributed by atoms with Crippen LogP contribution in [0.1, 0.15) is 26.5 Å². The van der Waals surface area contributed by atoms with Crippen molar-refractivity contribution in [2.24, 2.45) is 5.41 Å². The number of rotatable bonds is 0. The van der Waals surface area contributed by atoms with Gasteiger partial charge in [-0.3, -0.25) is 0 Å². The fraction of sp³-hybridized carbons (Fsp3) is 0.286. The molecule has 0 aliphatic carbocycles. The smallest absolute Gasteiger partial charge is 0.192 e. The minimum atomic E-state index is -0.0288. The second-order valence-corrected chi connectivity index (χ2v) is 6.59. The largest absolute Gasteiger partial charge is 0.446 e. The molecule has 0 N–H and O–H groups in total. The number of furan rings is 1. The summed E-state index contributed by atoms with van der Waals surface area (Å²) in [5.41, 5.74) is 0.817. The lowest BCUT2D eigenvalue weighted by Gasteiger charge is -2.06. The summed E-state index contributed by atoms with van der Waals surface area (Å²) >= 11 is 6.98. The van der Waals surface area contributed by atoms with E-state index in [2.05, 4.69) is 64.5 Å². The van der Waals surface area contributed by atoms with E-state index in [1.165, 1.54) is 0 Å². The lowest BCUT2D eigenvalue weighted by Crippen LogP contribution is -1.99. The summed E-state index contributed by atoms with van der Waals surface area (Å²) in [6.45, 7) is 6.23. The summed E-state index contributed by atoms with van der Waals surface area (Å²) in [6.07, 6.45) is 0. The van der Waals surface area contributed by atoms with Gasteiger partial charge in [-0.2, -0.15) is 0 Å². The van der Waals surface area contributed by atoms with Crippen LogP contribution in [0.25, 0.3) is 11.0 Å². The van der Waals surface area contributed by atoms with Crippen LogP contribution in [0.15, 0.2) is 31.6 Å². The molecule has 1 aromatic carbocycles. The fourth-order valence-electron chi connectivity index (χ4n) is 1.36. The molecule has 88 valence electrons. The van der Waals surface area contributed by atoms with Crippen molar-refractivity contribution in [2.45, 2.75) is 20.8 Å². The molecule has 0 aliphatic rings. The van der Waals surface area contributed by atoms with Crippen LogP contribution in [0.5, 0.6) is 0 Å². The van der Waals surface area contributed by atoms with Gasteiger partial charge >= 0.3 is 0 Å². The Morgan fingerprint density at radius 1 is 1.18 bits per heavy atom. The van der Waals surface area contributed by atoms with Crippen molar-refractivity contribution in [1.29, 1.82) is 0 Å². The van der Waals surface area contributed by atoms with Gasteiger partial charge < -0.3 is 4.42 Å². The Balaban J connectivity index is 2.56. The zero-order valence-electron chi connectivity index (χ0n) is 9.90. The van der Waals surface area contributed by atoms with Crippen molar-refractivity contribution in [3.63, 3.8) is 0 Å². The topological polar surface area (TPSA) is 13.1 Å². The first-order chi connectivity index (χ1) is 7.87. The summed E-state index contributed by atoms with van der Waals surface area (Å²) in [5, 5.41) is 1.04. The minimum absolute atomic E-state index is 0.0288. The highest BCUT2D eigenvalue weighted by atomic mass is 79.9. The molecular formula is C14H12Br2O. The molecule has 0 radical (unpaired) electrons. The molecule has 0 saturated carbocycles. The van der Waals surface area contributed by atoms with E-state index in [-0.39, 0.29) is 5.41 Å². The molecule has 0 unspecified atom stereocenters. The Morgan fingerprint density at radius 3 is 2.53 bits per heavy atom. The number of fused-ring (bicyclic) bond motifs is 1. The normalized spacial score (nSPS) is 11.4. The maximum absolute atomic E-state index is 5.71. The Kier molecular flexibility index (Phi) is 3.38. The molecule has 0 amide bonds. The van der Waals surface area contributed by atoms with Crippen molar-refractivity contribution < 1.29 is 4.42 Å². The monoisotopic (exact) mass is 354 g/mol. The molecule has 1 heterocycles. The standard InChI is InChI=1S/C14H12Br2O/c1-14(2,3)7-6-12-13(16)10-8-9(15)4-5-11(10)17-12/h4-5,8H,1-3H3. The number of halogens is 2. The van der Waals surface area contributed by atoms with Gasteiger partial charge in [-0.25, -0.2) is 0 Å². The molecule has 0 atom stereocenters. The van der Waals surface area contributed by atoms with Gasteiger partial charge in [0.05, 0.1) is 4.47 Å². The molecule has 1 nitrogen and oxygen atoms in total. The fourth-order valence-corrected chi connectivity index (χ4v) is 2.22. The molecule has 3 heteroatoms.